The molecule has 5 fully saturated rings. The number of carbonyl (C=O) groups excluding carboxylic acids is 1. The fourth-order valence-electron chi connectivity index (χ4n) is 12.3. The first-order valence-corrected chi connectivity index (χ1v) is 17.6. The van der Waals surface area contributed by atoms with Gasteiger partial charge in [-0.05, 0) is 104 Å². The lowest BCUT2D eigenvalue weighted by Crippen LogP contribution is -2.66. The van der Waals surface area contributed by atoms with Crippen molar-refractivity contribution in [3.05, 3.63) is 11.6 Å². The van der Waals surface area contributed by atoms with E-state index in [2.05, 4.69) is 47.6 Å². The number of hydrogen-bond donors (Lipinski definition) is 6. The van der Waals surface area contributed by atoms with Crippen LogP contribution in [-0.4, -0.2) is 86.6 Å². The molecule has 0 aromatic rings. The lowest BCUT2D eigenvalue weighted by molar-refractivity contribution is -0.297. The molecule has 0 bridgehead atoms. The molecule has 1 saturated heterocycles. The molecule has 9 heteroatoms. The molecule has 0 radical (unpaired) electrons. The summed E-state index contributed by atoms with van der Waals surface area (Å²) in [5.74, 6) is 0.788. The predicted octanol–water partition coefficient (Wildman–Crippen LogP) is 3.32. The van der Waals surface area contributed by atoms with Crippen molar-refractivity contribution in [2.45, 2.75) is 136 Å². The van der Waals surface area contributed by atoms with Gasteiger partial charge in [-0.15, -0.1) is 0 Å². The highest BCUT2D eigenvalue weighted by Crippen LogP contribution is 2.75. The number of fused-ring (bicyclic) bond motifs is 7. The Hall–Kier alpha value is -1.07. The maximum absolute atomic E-state index is 14.4. The van der Waals surface area contributed by atoms with Crippen molar-refractivity contribution in [3.8, 4) is 0 Å². The van der Waals surface area contributed by atoms with Crippen LogP contribution < -0.4 is 0 Å². The maximum atomic E-state index is 14.4. The summed E-state index contributed by atoms with van der Waals surface area (Å²) < 4.78 is 11.6. The van der Waals surface area contributed by atoms with Crippen LogP contribution in [0.15, 0.2) is 11.6 Å². The first kappa shape index (κ1) is 33.8. The van der Waals surface area contributed by atoms with Gasteiger partial charge in [0.1, 0.15) is 24.4 Å². The zero-order valence-electron chi connectivity index (χ0n) is 28.1. The van der Waals surface area contributed by atoms with Gasteiger partial charge in [0.05, 0.1) is 24.7 Å². The monoisotopic (exact) mass is 634 g/mol. The van der Waals surface area contributed by atoms with Crippen LogP contribution in [-0.2, 0) is 14.3 Å². The summed E-state index contributed by atoms with van der Waals surface area (Å²) in [7, 11) is 0. The smallest absolute Gasteiger partial charge is 0.315 e. The topological polar surface area (TPSA) is 157 Å². The number of rotatable bonds is 4. The number of ether oxygens (including phenoxy) is 2. The predicted molar refractivity (Wildman–Crippen MR) is 166 cm³/mol. The second-order valence-electron chi connectivity index (χ2n) is 17.1. The van der Waals surface area contributed by atoms with Gasteiger partial charge >= 0.3 is 5.97 Å². The summed E-state index contributed by atoms with van der Waals surface area (Å²) >= 11 is 0. The second kappa shape index (κ2) is 11.2. The molecule has 1 heterocycles. The van der Waals surface area contributed by atoms with E-state index in [1.54, 1.807) is 0 Å². The largest absolute Gasteiger partial charge is 0.432 e. The van der Waals surface area contributed by atoms with E-state index in [1.165, 1.54) is 5.57 Å². The van der Waals surface area contributed by atoms with Gasteiger partial charge in [0, 0.05) is 5.41 Å². The third-order valence-corrected chi connectivity index (χ3v) is 15.6. The van der Waals surface area contributed by atoms with Gasteiger partial charge in [-0.2, -0.15) is 0 Å². The van der Waals surface area contributed by atoms with Gasteiger partial charge in [-0.25, -0.2) is 0 Å². The van der Waals surface area contributed by atoms with Crippen LogP contribution >= 0.6 is 0 Å². The first-order valence-electron chi connectivity index (χ1n) is 17.6. The Morgan fingerprint density at radius 1 is 0.889 bits per heavy atom. The SMILES string of the molecule is CC1CCC2(C(=O)OC3OC(CO)C(O)C(O)C3O)CCC3(C)C(=CCC4C5(C)CCC(O)C(C)(CO)C5CCC43C)C2C1C. The Kier molecular flexibility index (Phi) is 8.45. The Labute approximate surface area is 268 Å². The normalized spacial score (nSPS) is 56.2. The highest BCUT2D eigenvalue weighted by Gasteiger charge is 2.70. The first-order chi connectivity index (χ1) is 21.1. The molecule has 4 saturated carbocycles. The summed E-state index contributed by atoms with van der Waals surface area (Å²) in [5, 5.41) is 62.6. The quantitative estimate of drug-likeness (QED) is 0.202. The zero-order valence-corrected chi connectivity index (χ0v) is 28.1. The summed E-state index contributed by atoms with van der Waals surface area (Å²) in [4.78, 5) is 14.4. The van der Waals surface area contributed by atoms with E-state index < -0.39 is 60.2 Å². The number of hydrogen-bond acceptors (Lipinski definition) is 9. The molecule has 0 aromatic carbocycles. The second-order valence-corrected chi connectivity index (χ2v) is 17.1. The van der Waals surface area contributed by atoms with E-state index in [1.807, 2.05) is 0 Å². The molecule has 45 heavy (non-hydrogen) atoms. The summed E-state index contributed by atoms with van der Waals surface area (Å²) in [6.45, 7) is 13.3. The average molecular weight is 635 g/mol. The molecule has 6 aliphatic rings. The molecular weight excluding hydrogens is 576 g/mol. The Morgan fingerprint density at radius 2 is 1.60 bits per heavy atom. The van der Waals surface area contributed by atoms with Crippen LogP contribution in [0, 0.1) is 56.7 Å². The van der Waals surface area contributed by atoms with E-state index in [0.29, 0.717) is 31.1 Å². The van der Waals surface area contributed by atoms with Crippen molar-refractivity contribution in [3.63, 3.8) is 0 Å². The fourth-order valence-corrected chi connectivity index (χ4v) is 12.3. The minimum Gasteiger partial charge on any atom is -0.432 e. The standard InChI is InChI=1S/C36H58O9/c1-19-9-14-36(31(43)45-30-29(42)28(41)27(40)22(17-37)44-30)16-15-34(5)21(26(36)20(19)2)7-8-24-32(3)12-11-25(39)33(4,18-38)23(32)10-13-35(24,34)6/h7,19-20,22-30,37-42H,8-18H2,1-6H3. The van der Waals surface area contributed by atoms with Gasteiger partial charge in [0.15, 0.2) is 0 Å². The highest BCUT2D eigenvalue weighted by atomic mass is 16.7. The molecular formula is C36H58O9. The summed E-state index contributed by atoms with van der Waals surface area (Å²) in [5.41, 5.74) is -0.128. The molecule has 0 amide bonds. The minimum absolute atomic E-state index is 0.00717. The number of esters is 1. The average Bonchev–Trinajstić information content (AvgIpc) is 3.01. The highest BCUT2D eigenvalue weighted by molar-refractivity contribution is 5.79. The van der Waals surface area contributed by atoms with Crippen LogP contribution in [0.2, 0.25) is 0 Å². The lowest BCUT2D eigenvalue weighted by atomic mass is 9.33. The van der Waals surface area contributed by atoms with Crippen LogP contribution in [0.5, 0.6) is 0 Å². The van der Waals surface area contributed by atoms with Gasteiger partial charge < -0.3 is 40.1 Å². The third-order valence-electron chi connectivity index (χ3n) is 15.6. The fraction of sp³-hybridized carbons (Fsp3) is 0.917. The van der Waals surface area contributed by atoms with Gasteiger partial charge in [-0.3, -0.25) is 4.79 Å². The van der Waals surface area contributed by atoms with Crippen molar-refractivity contribution < 1.29 is 44.9 Å². The molecule has 256 valence electrons. The minimum atomic E-state index is -1.63. The third kappa shape index (κ3) is 4.46. The Morgan fingerprint density at radius 3 is 2.27 bits per heavy atom. The van der Waals surface area contributed by atoms with E-state index in [-0.39, 0.29) is 40.6 Å². The van der Waals surface area contributed by atoms with Gasteiger partial charge in [0.2, 0.25) is 6.29 Å². The lowest BCUT2D eigenvalue weighted by Gasteiger charge is -2.71. The Bertz CT molecular complexity index is 1190. The molecule has 5 aliphatic carbocycles. The summed E-state index contributed by atoms with van der Waals surface area (Å²) in [6, 6.07) is 0. The van der Waals surface area contributed by atoms with Crippen molar-refractivity contribution in [2.24, 2.45) is 56.7 Å². The van der Waals surface area contributed by atoms with Crippen LogP contribution in [0.3, 0.4) is 0 Å². The van der Waals surface area contributed by atoms with Crippen molar-refractivity contribution in [1.29, 1.82) is 0 Å². The van der Waals surface area contributed by atoms with Crippen LogP contribution in [0.1, 0.15) is 99.3 Å². The van der Waals surface area contributed by atoms with Crippen molar-refractivity contribution >= 4 is 5.97 Å². The van der Waals surface area contributed by atoms with E-state index in [4.69, 9.17) is 9.47 Å². The summed E-state index contributed by atoms with van der Waals surface area (Å²) in [6.07, 6.45) is 2.13. The molecule has 0 aromatic heterocycles. The molecule has 16 atom stereocenters. The maximum Gasteiger partial charge on any atom is 0.315 e. The number of carbonyl (C=O) groups is 1. The number of allylic oxidation sites excluding steroid dienone is 2. The zero-order chi connectivity index (χ0) is 32.9. The molecule has 16 unspecified atom stereocenters. The molecule has 6 N–H and O–H groups in total. The van der Waals surface area contributed by atoms with E-state index in [9.17, 15) is 35.4 Å². The van der Waals surface area contributed by atoms with Gasteiger partial charge in [0.25, 0.3) is 0 Å². The van der Waals surface area contributed by atoms with Crippen molar-refractivity contribution in [2.75, 3.05) is 13.2 Å². The number of aliphatic hydroxyl groups excluding tert-OH is 6. The van der Waals surface area contributed by atoms with Crippen molar-refractivity contribution in [1.82, 2.24) is 0 Å². The molecule has 1 aliphatic heterocycles. The number of aliphatic hydroxyl groups is 6. The molecule has 0 spiro atoms. The Balaban J connectivity index is 1.36. The van der Waals surface area contributed by atoms with E-state index in [0.717, 1.165) is 38.5 Å². The van der Waals surface area contributed by atoms with E-state index >= 15 is 0 Å². The molecule has 9 nitrogen and oxygen atoms in total. The van der Waals surface area contributed by atoms with Gasteiger partial charge in [-0.1, -0.05) is 53.2 Å². The van der Waals surface area contributed by atoms with Crippen LogP contribution in [0.25, 0.3) is 0 Å². The van der Waals surface area contributed by atoms with Crippen LogP contribution in [0.4, 0.5) is 0 Å². The molecule has 6 rings (SSSR count).